The van der Waals surface area contributed by atoms with Gasteiger partial charge in [-0.25, -0.2) is 0 Å². The van der Waals surface area contributed by atoms with Crippen molar-refractivity contribution in [3.05, 3.63) is 36.6 Å². The molecular weight excluding hydrogens is 709 g/mol. The Morgan fingerprint density at radius 2 is 1.02 bits per heavy atom. The fourth-order valence-electron chi connectivity index (χ4n) is 6.19. The molecular formula is C46H88NO7P. The molecule has 0 aliphatic carbocycles. The minimum atomic E-state index is -4.54. The molecule has 2 atom stereocenters. The molecule has 0 amide bonds. The third-order valence-corrected chi connectivity index (χ3v) is 10.7. The van der Waals surface area contributed by atoms with Crippen LogP contribution in [0.4, 0.5) is 0 Å². The van der Waals surface area contributed by atoms with E-state index in [1.165, 1.54) is 122 Å². The number of likely N-dealkylation sites (N-methyl/N-ethyl adjacent to an activating group) is 1. The standard InChI is InChI=1S/C46H88NO7P/c1-6-8-10-12-14-16-18-20-22-23-24-26-28-30-32-34-36-38-41-51-43-45(44-53-55(49,50)52-42-40-47(3,4)5)54-46(48)39-37-35-33-31-29-27-25-21-19-17-15-13-11-9-7-2/h15,17,21,25,38,41,45H,6-14,16,18-20,22-24,26-37,39-40,42-44H2,1-5H3/b17-15-,25-21-,41-38-/t45-/m1/s1. The van der Waals surface area contributed by atoms with Gasteiger partial charge in [-0.05, 0) is 57.4 Å². The maximum atomic E-state index is 12.7. The molecule has 9 heteroatoms. The summed E-state index contributed by atoms with van der Waals surface area (Å²) in [5.74, 6) is -0.369. The number of hydrogen-bond donors (Lipinski definition) is 0. The summed E-state index contributed by atoms with van der Waals surface area (Å²) in [5.41, 5.74) is 0. The highest BCUT2D eigenvalue weighted by atomic mass is 31.2. The van der Waals surface area contributed by atoms with Gasteiger partial charge in [-0.3, -0.25) is 9.36 Å². The summed E-state index contributed by atoms with van der Waals surface area (Å²) in [7, 11) is 1.32. The molecule has 0 aromatic rings. The fraction of sp³-hybridized carbons (Fsp3) is 0.848. The van der Waals surface area contributed by atoms with Crippen molar-refractivity contribution in [2.75, 3.05) is 47.5 Å². The van der Waals surface area contributed by atoms with Crippen LogP contribution in [0.25, 0.3) is 0 Å². The molecule has 8 nitrogen and oxygen atoms in total. The summed E-state index contributed by atoms with van der Waals surface area (Å²) < 4.78 is 34.3. The van der Waals surface area contributed by atoms with Crippen molar-refractivity contribution in [2.45, 2.75) is 206 Å². The van der Waals surface area contributed by atoms with Gasteiger partial charge in [-0.2, -0.15) is 0 Å². The molecule has 0 fully saturated rings. The van der Waals surface area contributed by atoms with Crippen molar-refractivity contribution < 1.29 is 37.3 Å². The molecule has 1 unspecified atom stereocenters. The molecule has 0 aliphatic heterocycles. The zero-order valence-corrected chi connectivity index (χ0v) is 37.5. The first-order valence-corrected chi connectivity index (χ1v) is 24.2. The van der Waals surface area contributed by atoms with Crippen molar-refractivity contribution in [3.63, 3.8) is 0 Å². The van der Waals surface area contributed by atoms with E-state index in [1.807, 2.05) is 27.2 Å². The molecule has 55 heavy (non-hydrogen) atoms. The number of unbranched alkanes of at least 4 members (excludes halogenated alkanes) is 24. The summed E-state index contributed by atoms with van der Waals surface area (Å²) >= 11 is 0. The molecule has 0 aromatic carbocycles. The van der Waals surface area contributed by atoms with E-state index in [0.29, 0.717) is 11.0 Å². The Labute approximate surface area is 340 Å². The number of phosphoric acid groups is 1. The van der Waals surface area contributed by atoms with Crippen molar-refractivity contribution in [2.24, 2.45) is 0 Å². The number of esters is 1. The summed E-state index contributed by atoms with van der Waals surface area (Å²) in [4.78, 5) is 25.0. The second-order valence-electron chi connectivity index (χ2n) is 16.5. The number of allylic oxidation sites excluding steroid dienone is 5. The van der Waals surface area contributed by atoms with Gasteiger partial charge in [0.15, 0.2) is 6.10 Å². The molecule has 0 spiro atoms. The molecule has 324 valence electrons. The Bertz CT molecular complexity index is 978. The van der Waals surface area contributed by atoms with Gasteiger partial charge < -0.3 is 27.9 Å². The predicted octanol–water partition coefficient (Wildman–Crippen LogP) is 13.1. The Kier molecular flexibility index (Phi) is 38.4. The molecule has 0 rings (SSSR count). The first-order chi connectivity index (χ1) is 26.6. The number of nitrogens with zero attached hydrogens (tertiary/aromatic N) is 1. The zero-order chi connectivity index (χ0) is 40.6. The molecule has 0 saturated heterocycles. The van der Waals surface area contributed by atoms with Crippen LogP contribution >= 0.6 is 7.82 Å². The van der Waals surface area contributed by atoms with E-state index in [9.17, 15) is 14.3 Å². The van der Waals surface area contributed by atoms with E-state index in [-0.39, 0.29) is 32.2 Å². The quantitative estimate of drug-likeness (QED) is 0.0152. The number of phosphoric ester groups is 1. The summed E-state index contributed by atoms with van der Waals surface area (Å²) in [5, 5.41) is 0. The summed E-state index contributed by atoms with van der Waals surface area (Å²) in [6.45, 7) is 4.71. The second kappa shape index (κ2) is 39.4. The Morgan fingerprint density at radius 1 is 0.582 bits per heavy atom. The fourth-order valence-corrected chi connectivity index (χ4v) is 6.92. The van der Waals surface area contributed by atoms with Crippen LogP contribution in [-0.2, 0) is 27.9 Å². The molecule has 0 saturated carbocycles. The largest absolute Gasteiger partial charge is 0.756 e. The maximum Gasteiger partial charge on any atom is 0.306 e. The SMILES string of the molecule is CCCCC/C=C\C/C=C\CCCCCCCC(=O)O[C@H](CO/C=C\CCCCCCCCCCCCCCCCCC)COP(=O)([O-])OCC[N+](C)(C)C. The normalized spacial score (nSPS) is 14.0. The van der Waals surface area contributed by atoms with Crippen molar-refractivity contribution in [1.82, 2.24) is 0 Å². The van der Waals surface area contributed by atoms with Gasteiger partial charge in [-0.15, -0.1) is 0 Å². The highest BCUT2D eigenvalue weighted by Gasteiger charge is 2.20. The third kappa shape index (κ3) is 43.5. The zero-order valence-electron chi connectivity index (χ0n) is 36.6. The maximum absolute atomic E-state index is 12.7. The van der Waals surface area contributed by atoms with Gasteiger partial charge in [0.25, 0.3) is 7.82 Å². The Balaban J connectivity index is 4.27. The van der Waals surface area contributed by atoms with Crippen LogP contribution in [0.2, 0.25) is 0 Å². The molecule has 0 N–H and O–H groups in total. The van der Waals surface area contributed by atoms with Gasteiger partial charge in [0, 0.05) is 6.42 Å². The highest BCUT2D eigenvalue weighted by molar-refractivity contribution is 7.45. The lowest BCUT2D eigenvalue weighted by atomic mass is 10.0. The number of ether oxygens (including phenoxy) is 2. The molecule has 0 aliphatic rings. The first kappa shape index (κ1) is 53.6. The first-order valence-electron chi connectivity index (χ1n) is 22.8. The van der Waals surface area contributed by atoms with Gasteiger partial charge in [0.1, 0.15) is 19.8 Å². The lowest BCUT2D eigenvalue weighted by molar-refractivity contribution is -0.870. The lowest BCUT2D eigenvalue weighted by Gasteiger charge is -2.28. The van der Waals surface area contributed by atoms with Crippen LogP contribution in [0.1, 0.15) is 200 Å². The van der Waals surface area contributed by atoms with Gasteiger partial charge >= 0.3 is 5.97 Å². The summed E-state index contributed by atoms with van der Waals surface area (Å²) in [6.07, 6.45) is 46.8. The molecule has 0 aromatic heterocycles. The summed E-state index contributed by atoms with van der Waals surface area (Å²) in [6, 6.07) is 0. The van der Waals surface area contributed by atoms with Crippen LogP contribution in [-0.4, -0.2) is 64.1 Å². The number of hydrogen-bond acceptors (Lipinski definition) is 7. The van der Waals surface area contributed by atoms with Crippen LogP contribution in [0.3, 0.4) is 0 Å². The van der Waals surface area contributed by atoms with Crippen molar-refractivity contribution in [3.8, 4) is 0 Å². The topological polar surface area (TPSA) is 94.1 Å². The average molecular weight is 798 g/mol. The monoisotopic (exact) mass is 798 g/mol. The van der Waals surface area contributed by atoms with Crippen LogP contribution in [0.5, 0.6) is 0 Å². The van der Waals surface area contributed by atoms with E-state index < -0.39 is 13.9 Å². The van der Waals surface area contributed by atoms with Crippen molar-refractivity contribution >= 4 is 13.8 Å². The van der Waals surface area contributed by atoms with Crippen LogP contribution in [0, 0.1) is 0 Å². The van der Waals surface area contributed by atoms with Crippen molar-refractivity contribution in [1.29, 1.82) is 0 Å². The van der Waals surface area contributed by atoms with E-state index in [0.717, 1.165) is 57.8 Å². The second-order valence-corrected chi connectivity index (χ2v) is 17.9. The van der Waals surface area contributed by atoms with Gasteiger partial charge in [0.2, 0.25) is 0 Å². The number of carbonyl (C=O) groups excluding carboxylic acids is 1. The minimum Gasteiger partial charge on any atom is -0.756 e. The number of quaternary nitrogens is 1. The minimum absolute atomic E-state index is 0.0140. The van der Waals surface area contributed by atoms with Crippen LogP contribution < -0.4 is 4.89 Å². The van der Waals surface area contributed by atoms with Gasteiger partial charge in [0.05, 0.1) is 34.0 Å². The smallest absolute Gasteiger partial charge is 0.306 e. The van der Waals surface area contributed by atoms with Gasteiger partial charge in [-0.1, -0.05) is 167 Å². The third-order valence-electron chi connectivity index (χ3n) is 9.76. The van der Waals surface area contributed by atoms with Crippen LogP contribution in [0.15, 0.2) is 36.6 Å². The van der Waals surface area contributed by atoms with E-state index in [1.54, 1.807) is 6.26 Å². The Morgan fingerprint density at radius 3 is 1.53 bits per heavy atom. The predicted molar refractivity (Wildman–Crippen MR) is 231 cm³/mol. The van der Waals surface area contributed by atoms with E-state index in [2.05, 4.69) is 38.2 Å². The molecule has 0 radical (unpaired) electrons. The lowest BCUT2D eigenvalue weighted by Crippen LogP contribution is -2.37. The highest BCUT2D eigenvalue weighted by Crippen LogP contribution is 2.38. The Hall–Kier alpha value is -1.44. The number of carbonyl (C=O) groups is 1. The average Bonchev–Trinajstić information content (AvgIpc) is 3.13. The van der Waals surface area contributed by atoms with E-state index in [4.69, 9.17) is 18.5 Å². The van der Waals surface area contributed by atoms with E-state index >= 15 is 0 Å². The number of rotatable bonds is 42. The molecule has 0 heterocycles. The molecule has 0 bridgehead atoms.